The average molecular weight is 376 g/mol. The fraction of sp³-hybridized carbons (Fsp3) is 0.350. The topological polar surface area (TPSA) is 41.6 Å². The van der Waals surface area contributed by atoms with Crippen LogP contribution in [0.3, 0.4) is 0 Å². The summed E-state index contributed by atoms with van der Waals surface area (Å²) >= 11 is 0. The summed E-state index contributed by atoms with van der Waals surface area (Å²) < 4.78 is 45.1. The number of amides is 1. The van der Waals surface area contributed by atoms with E-state index in [1.165, 1.54) is 6.07 Å². The van der Waals surface area contributed by atoms with E-state index in [9.17, 15) is 18.0 Å². The number of alkyl halides is 3. The number of hydrogen-bond donors (Lipinski definition) is 1. The molecule has 0 bridgehead atoms. The van der Waals surface area contributed by atoms with Crippen LogP contribution in [0, 0.1) is 0 Å². The van der Waals surface area contributed by atoms with Crippen molar-refractivity contribution in [2.24, 2.45) is 0 Å². The lowest BCUT2D eigenvalue weighted by Gasteiger charge is -2.23. The number of anilines is 2. The zero-order valence-electron chi connectivity index (χ0n) is 14.6. The maximum atomic E-state index is 13.1. The van der Waals surface area contributed by atoms with Crippen LogP contribution in [0.5, 0.6) is 5.75 Å². The molecule has 7 heteroatoms. The smallest absolute Gasteiger partial charge is 0.416 e. The van der Waals surface area contributed by atoms with Gasteiger partial charge in [-0.1, -0.05) is 18.2 Å². The Hall–Kier alpha value is -2.70. The second kappa shape index (κ2) is 6.79. The van der Waals surface area contributed by atoms with Crippen molar-refractivity contribution in [1.29, 1.82) is 0 Å². The highest BCUT2D eigenvalue weighted by Gasteiger charge is 2.33. The van der Waals surface area contributed by atoms with Crippen molar-refractivity contribution in [3.8, 4) is 5.75 Å². The number of nitrogens with zero attached hydrogens (tertiary/aromatic N) is 1. The van der Waals surface area contributed by atoms with Gasteiger partial charge in [0.25, 0.3) is 5.91 Å². The van der Waals surface area contributed by atoms with Gasteiger partial charge in [0.15, 0.2) is 6.10 Å². The van der Waals surface area contributed by atoms with E-state index in [4.69, 9.17) is 4.74 Å². The second-order valence-electron chi connectivity index (χ2n) is 6.83. The summed E-state index contributed by atoms with van der Waals surface area (Å²) in [5, 5.41) is 2.67. The third kappa shape index (κ3) is 3.59. The standard InChI is InChI=1S/C20H19F3N2O2/c21-20(22,23)14-7-8-16(25-9-3-4-10-25)15(12-14)24-19(26)18-11-13-5-1-2-6-17(13)27-18/h1-2,5-8,12,18H,3-4,9-11H2,(H,24,26). The first-order chi connectivity index (χ1) is 12.9. The molecule has 1 fully saturated rings. The molecule has 0 radical (unpaired) electrons. The second-order valence-corrected chi connectivity index (χ2v) is 6.83. The van der Waals surface area contributed by atoms with E-state index < -0.39 is 23.8 Å². The van der Waals surface area contributed by atoms with Crippen molar-refractivity contribution in [2.75, 3.05) is 23.3 Å². The Morgan fingerprint density at radius 2 is 1.85 bits per heavy atom. The molecule has 2 aliphatic rings. The van der Waals surface area contributed by atoms with Crippen molar-refractivity contribution in [3.63, 3.8) is 0 Å². The van der Waals surface area contributed by atoms with E-state index in [-0.39, 0.29) is 5.69 Å². The summed E-state index contributed by atoms with van der Waals surface area (Å²) in [4.78, 5) is 14.7. The fourth-order valence-electron chi connectivity index (χ4n) is 3.59. The summed E-state index contributed by atoms with van der Waals surface area (Å²) in [6, 6.07) is 10.8. The van der Waals surface area contributed by atoms with Crippen LogP contribution in [0.2, 0.25) is 0 Å². The number of carbonyl (C=O) groups excluding carboxylic acids is 1. The van der Waals surface area contributed by atoms with Crippen molar-refractivity contribution in [3.05, 3.63) is 53.6 Å². The third-order valence-corrected chi connectivity index (χ3v) is 4.97. The van der Waals surface area contributed by atoms with E-state index in [0.29, 0.717) is 17.9 Å². The molecule has 1 N–H and O–H groups in total. The molecular formula is C20H19F3N2O2. The number of carbonyl (C=O) groups is 1. The lowest BCUT2D eigenvalue weighted by atomic mass is 10.1. The SMILES string of the molecule is O=C(Nc1cc(C(F)(F)F)ccc1N1CCCC1)C1Cc2ccccc2O1. The largest absolute Gasteiger partial charge is 0.480 e. The van der Waals surface area contributed by atoms with Crippen molar-refractivity contribution in [2.45, 2.75) is 31.5 Å². The van der Waals surface area contributed by atoms with E-state index >= 15 is 0 Å². The maximum Gasteiger partial charge on any atom is 0.416 e. The molecule has 4 rings (SSSR count). The number of hydrogen-bond acceptors (Lipinski definition) is 3. The van der Waals surface area contributed by atoms with E-state index in [1.807, 2.05) is 23.1 Å². The minimum absolute atomic E-state index is 0.177. The van der Waals surface area contributed by atoms with Crippen molar-refractivity contribution >= 4 is 17.3 Å². The van der Waals surface area contributed by atoms with Gasteiger partial charge in [-0.05, 0) is 42.7 Å². The number of halogens is 3. The first-order valence-corrected chi connectivity index (χ1v) is 8.93. The van der Waals surface area contributed by atoms with Crippen molar-refractivity contribution in [1.82, 2.24) is 0 Å². The molecule has 0 saturated carbocycles. The first kappa shape index (κ1) is 17.7. The van der Waals surface area contributed by atoms with E-state index in [0.717, 1.165) is 43.6 Å². The van der Waals surface area contributed by atoms with Gasteiger partial charge < -0.3 is 15.0 Å². The average Bonchev–Trinajstić information content (AvgIpc) is 3.30. The molecule has 0 aromatic heterocycles. The number of nitrogens with one attached hydrogen (secondary N) is 1. The molecular weight excluding hydrogens is 357 g/mol. The predicted octanol–water partition coefficient (Wildman–Crippen LogP) is 4.25. The summed E-state index contributed by atoms with van der Waals surface area (Å²) in [5.74, 6) is 0.201. The molecule has 2 aliphatic heterocycles. The van der Waals surface area contributed by atoms with Gasteiger partial charge in [-0.2, -0.15) is 13.2 Å². The first-order valence-electron chi connectivity index (χ1n) is 8.93. The zero-order valence-corrected chi connectivity index (χ0v) is 14.6. The minimum atomic E-state index is -4.47. The van der Waals surface area contributed by atoms with E-state index in [2.05, 4.69) is 5.32 Å². The third-order valence-electron chi connectivity index (χ3n) is 4.97. The Morgan fingerprint density at radius 1 is 1.11 bits per heavy atom. The van der Waals surface area contributed by atoms with Crippen LogP contribution in [0.4, 0.5) is 24.5 Å². The number of ether oxygens (including phenoxy) is 1. The highest BCUT2D eigenvalue weighted by Crippen LogP contribution is 2.37. The summed E-state index contributed by atoms with van der Waals surface area (Å²) in [5.41, 5.74) is 0.929. The molecule has 1 amide bonds. The van der Waals surface area contributed by atoms with Crippen LogP contribution in [0.15, 0.2) is 42.5 Å². The molecule has 0 aliphatic carbocycles. The summed E-state index contributed by atoms with van der Waals surface area (Å²) in [6.45, 7) is 1.53. The highest BCUT2D eigenvalue weighted by molar-refractivity contribution is 5.98. The monoisotopic (exact) mass is 376 g/mol. The van der Waals surface area contributed by atoms with Gasteiger partial charge in [0, 0.05) is 19.5 Å². The molecule has 142 valence electrons. The Morgan fingerprint density at radius 3 is 2.56 bits per heavy atom. The molecule has 2 aromatic carbocycles. The molecule has 1 unspecified atom stereocenters. The van der Waals surface area contributed by atoms with Gasteiger partial charge in [-0.3, -0.25) is 4.79 Å². The normalized spacial score (nSPS) is 18.9. The van der Waals surface area contributed by atoms with Crippen LogP contribution < -0.4 is 15.0 Å². The summed E-state index contributed by atoms with van der Waals surface area (Å²) in [6.07, 6.45) is -2.85. The Balaban J connectivity index is 1.59. The molecule has 0 spiro atoms. The molecule has 2 aromatic rings. The molecule has 1 atom stereocenters. The quantitative estimate of drug-likeness (QED) is 0.871. The highest BCUT2D eigenvalue weighted by atomic mass is 19.4. The minimum Gasteiger partial charge on any atom is -0.480 e. The number of rotatable bonds is 3. The van der Waals surface area contributed by atoms with Crippen LogP contribution in [0.25, 0.3) is 0 Å². The molecule has 27 heavy (non-hydrogen) atoms. The van der Waals surface area contributed by atoms with Gasteiger partial charge in [0.2, 0.25) is 0 Å². The zero-order chi connectivity index (χ0) is 19.0. The van der Waals surface area contributed by atoms with Gasteiger partial charge in [0.05, 0.1) is 16.9 Å². The van der Waals surface area contributed by atoms with Crippen LogP contribution >= 0.6 is 0 Å². The van der Waals surface area contributed by atoms with Gasteiger partial charge >= 0.3 is 6.18 Å². The van der Waals surface area contributed by atoms with Crippen LogP contribution in [-0.4, -0.2) is 25.1 Å². The predicted molar refractivity (Wildman–Crippen MR) is 96.1 cm³/mol. The maximum absolute atomic E-state index is 13.1. The number of fused-ring (bicyclic) bond motifs is 1. The Bertz CT molecular complexity index is 836. The Kier molecular flexibility index (Phi) is 4.45. The number of para-hydroxylation sites is 1. The lowest BCUT2D eigenvalue weighted by Crippen LogP contribution is -2.32. The van der Waals surface area contributed by atoms with Crippen molar-refractivity contribution < 1.29 is 22.7 Å². The van der Waals surface area contributed by atoms with Crippen LogP contribution in [0.1, 0.15) is 24.0 Å². The van der Waals surface area contributed by atoms with Gasteiger partial charge in [-0.15, -0.1) is 0 Å². The fourth-order valence-corrected chi connectivity index (χ4v) is 3.59. The van der Waals surface area contributed by atoms with Crippen LogP contribution in [-0.2, 0) is 17.4 Å². The summed E-state index contributed by atoms with van der Waals surface area (Å²) in [7, 11) is 0. The van der Waals surface area contributed by atoms with E-state index in [1.54, 1.807) is 6.07 Å². The molecule has 1 saturated heterocycles. The number of benzene rings is 2. The lowest BCUT2D eigenvalue weighted by molar-refractivity contribution is -0.137. The van der Waals surface area contributed by atoms with Gasteiger partial charge in [0.1, 0.15) is 5.75 Å². The molecule has 2 heterocycles. The molecule has 4 nitrogen and oxygen atoms in total. The Labute approximate surface area is 154 Å². The van der Waals surface area contributed by atoms with Gasteiger partial charge in [-0.25, -0.2) is 0 Å².